The molecule has 1 fully saturated rings. The number of hydrogen-bond acceptors (Lipinski definition) is 3. The van der Waals surface area contributed by atoms with Crippen LogP contribution in [0.5, 0.6) is 0 Å². The number of aliphatic hydroxyl groups is 1. The third-order valence-corrected chi connectivity index (χ3v) is 1.80. The quantitative estimate of drug-likeness (QED) is 0.662. The van der Waals surface area contributed by atoms with Gasteiger partial charge in [-0.3, -0.25) is 0 Å². The highest BCUT2D eigenvalue weighted by Gasteiger charge is 2.16. The predicted molar refractivity (Wildman–Crippen MR) is 41.2 cm³/mol. The molecule has 1 N–H and O–H groups in total. The van der Waals surface area contributed by atoms with Crippen LogP contribution < -0.4 is 0 Å². The summed E-state index contributed by atoms with van der Waals surface area (Å²) >= 11 is 0. The molecule has 0 unspecified atom stereocenters. The van der Waals surface area contributed by atoms with Crippen LogP contribution in [0.15, 0.2) is 0 Å². The highest BCUT2D eigenvalue weighted by Crippen LogP contribution is 2.13. The van der Waals surface area contributed by atoms with Gasteiger partial charge in [0.05, 0.1) is 13.2 Å². The zero-order chi connectivity index (χ0) is 8.10. The van der Waals surface area contributed by atoms with E-state index >= 15 is 0 Å². The van der Waals surface area contributed by atoms with Crippen LogP contribution in [0.3, 0.4) is 0 Å². The third kappa shape index (κ3) is 3.18. The minimum absolute atomic E-state index is 0.0779. The molecule has 1 atom stereocenters. The molecule has 0 aromatic carbocycles. The maximum atomic E-state index is 8.75. The van der Waals surface area contributed by atoms with Crippen LogP contribution in [0.25, 0.3) is 0 Å². The molecule has 0 aliphatic carbocycles. The number of aliphatic hydroxyl groups excluding tert-OH is 1. The molecule has 1 saturated heterocycles. The monoisotopic (exact) mass is 160 g/mol. The van der Waals surface area contributed by atoms with Crippen LogP contribution in [0.2, 0.25) is 0 Å². The lowest BCUT2D eigenvalue weighted by atomic mass is 10.1. The summed E-state index contributed by atoms with van der Waals surface area (Å²) in [6.45, 7) is 3.79. The van der Waals surface area contributed by atoms with Crippen molar-refractivity contribution in [3.05, 3.63) is 0 Å². The van der Waals surface area contributed by atoms with E-state index in [0.29, 0.717) is 0 Å². The van der Waals surface area contributed by atoms with Crippen molar-refractivity contribution in [1.29, 1.82) is 0 Å². The highest BCUT2D eigenvalue weighted by molar-refractivity contribution is 4.57. The fourth-order valence-corrected chi connectivity index (χ4v) is 1.08. The molecule has 0 aromatic heterocycles. The van der Waals surface area contributed by atoms with Crippen molar-refractivity contribution in [3.8, 4) is 0 Å². The van der Waals surface area contributed by atoms with E-state index in [-0.39, 0.29) is 18.8 Å². The lowest BCUT2D eigenvalue weighted by Gasteiger charge is -2.24. The first-order chi connectivity index (χ1) is 5.33. The normalized spacial score (nSPS) is 23.5. The van der Waals surface area contributed by atoms with Gasteiger partial charge >= 0.3 is 0 Å². The molecular weight excluding hydrogens is 144 g/mol. The first kappa shape index (κ1) is 8.97. The van der Waals surface area contributed by atoms with Crippen LogP contribution in [0.4, 0.5) is 0 Å². The standard InChI is InChI=1S/C8H16O3/c1-7(6-9)5-8-10-3-2-4-11-8/h7-9H,2-6H2,1H3/t7-/m0/s1. The minimum atomic E-state index is -0.0779. The first-order valence-corrected chi connectivity index (χ1v) is 4.17. The maximum Gasteiger partial charge on any atom is 0.157 e. The second kappa shape index (κ2) is 4.70. The Morgan fingerprint density at radius 1 is 1.45 bits per heavy atom. The van der Waals surface area contributed by atoms with E-state index in [0.717, 1.165) is 26.1 Å². The van der Waals surface area contributed by atoms with Gasteiger partial charge in [0.15, 0.2) is 6.29 Å². The summed E-state index contributed by atoms with van der Waals surface area (Å²) in [6.07, 6.45) is 1.71. The predicted octanol–water partition coefficient (Wildman–Crippen LogP) is 0.768. The molecule has 1 rings (SSSR count). The molecule has 3 heteroatoms. The summed E-state index contributed by atoms with van der Waals surface area (Å²) in [5, 5.41) is 8.75. The van der Waals surface area contributed by atoms with Gasteiger partial charge in [0.1, 0.15) is 0 Å². The molecule has 0 amide bonds. The lowest BCUT2D eigenvalue weighted by Crippen LogP contribution is -2.27. The average molecular weight is 160 g/mol. The zero-order valence-electron chi connectivity index (χ0n) is 6.95. The lowest BCUT2D eigenvalue weighted by molar-refractivity contribution is -0.187. The van der Waals surface area contributed by atoms with E-state index in [9.17, 15) is 0 Å². The second-order valence-corrected chi connectivity index (χ2v) is 3.05. The highest BCUT2D eigenvalue weighted by atomic mass is 16.7. The van der Waals surface area contributed by atoms with Gasteiger partial charge in [0.2, 0.25) is 0 Å². The Hall–Kier alpha value is -0.120. The molecule has 0 radical (unpaired) electrons. The summed E-state index contributed by atoms with van der Waals surface area (Å²) in [5.74, 6) is 0.276. The van der Waals surface area contributed by atoms with Crippen molar-refractivity contribution < 1.29 is 14.6 Å². The molecule has 0 spiro atoms. The van der Waals surface area contributed by atoms with Gasteiger partial charge in [-0.15, -0.1) is 0 Å². The van der Waals surface area contributed by atoms with Gasteiger partial charge in [0, 0.05) is 13.0 Å². The van der Waals surface area contributed by atoms with Crippen LogP contribution in [-0.2, 0) is 9.47 Å². The Morgan fingerprint density at radius 2 is 2.09 bits per heavy atom. The van der Waals surface area contributed by atoms with Crippen LogP contribution in [0.1, 0.15) is 19.8 Å². The van der Waals surface area contributed by atoms with Gasteiger partial charge in [-0.2, -0.15) is 0 Å². The minimum Gasteiger partial charge on any atom is -0.396 e. The maximum absolute atomic E-state index is 8.75. The number of rotatable bonds is 3. The van der Waals surface area contributed by atoms with Gasteiger partial charge in [-0.05, 0) is 12.3 Å². The van der Waals surface area contributed by atoms with E-state index in [1.54, 1.807) is 0 Å². The molecule has 0 bridgehead atoms. The Kier molecular flexibility index (Phi) is 3.83. The Morgan fingerprint density at radius 3 is 2.64 bits per heavy atom. The van der Waals surface area contributed by atoms with E-state index < -0.39 is 0 Å². The Balaban J connectivity index is 2.13. The van der Waals surface area contributed by atoms with Gasteiger partial charge in [-0.1, -0.05) is 6.92 Å². The van der Waals surface area contributed by atoms with Crippen molar-refractivity contribution >= 4 is 0 Å². The molecular formula is C8H16O3. The molecule has 0 aromatic rings. The van der Waals surface area contributed by atoms with Crippen LogP contribution in [-0.4, -0.2) is 31.2 Å². The Labute approximate surface area is 67.3 Å². The fraction of sp³-hybridized carbons (Fsp3) is 1.00. The summed E-state index contributed by atoms with van der Waals surface area (Å²) in [6, 6.07) is 0. The van der Waals surface area contributed by atoms with Crippen molar-refractivity contribution in [1.82, 2.24) is 0 Å². The first-order valence-electron chi connectivity index (χ1n) is 4.17. The molecule has 1 aliphatic rings. The number of ether oxygens (including phenoxy) is 2. The van der Waals surface area contributed by atoms with Crippen molar-refractivity contribution in [2.75, 3.05) is 19.8 Å². The van der Waals surface area contributed by atoms with E-state index in [4.69, 9.17) is 14.6 Å². The zero-order valence-corrected chi connectivity index (χ0v) is 6.95. The third-order valence-electron chi connectivity index (χ3n) is 1.80. The van der Waals surface area contributed by atoms with Crippen LogP contribution in [0, 0.1) is 5.92 Å². The van der Waals surface area contributed by atoms with Crippen molar-refractivity contribution in [2.24, 2.45) is 5.92 Å². The van der Waals surface area contributed by atoms with E-state index in [1.807, 2.05) is 6.92 Å². The van der Waals surface area contributed by atoms with Crippen LogP contribution >= 0.6 is 0 Å². The molecule has 1 heterocycles. The summed E-state index contributed by atoms with van der Waals surface area (Å²) in [5.41, 5.74) is 0. The summed E-state index contributed by atoms with van der Waals surface area (Å²) in [4.78, 5) is 0. The topological polar surface area (TPSA) is 38.7 Å². The van der Waals surface area contributed by atoms with Gasteiger partial charge in [0.25, 0.3) is 0 Å². The molecule has 1 aliphatic heterocycles. The van der Waals surface area contributed by atoms with Gasteiger partial charge < -0.3 is 14.6 Å². The van der Waals surface area contributed by atoms with Crippen molar-refractivity contribution in [2.45, 2.75) is 26.1 Å². The number of hydrogen-bond donors (Lipinski definition) is 1. The largest absolute Gasteiger partial charge is 0.396 e. The smallest absolute Gasteiger partial charge is 0.157 e. The van der Waals surface area contributed by atoms with Gasteiger partial charge in [-0.25, -0.2) is 0 Å². The van der Waals surface area contributed by atoms with E-state index in [1.165, 1.54) is 0 Å². The molecule has 66 valence electrons. The summed E-state index contributed by atoms with van der Waals surface area (Å²) in [7, 11) is 0. The average Bonchev–Trinajstić information content (AvgIpc) is 2.06. The van der Waals surface area contributed by atoms with Crippen molar-refractivity contribution in [3.63, 3.8) is 0 Å². The van der Waals surface area contributed by atoms with E-state index in [2.05, 4.69) is 0 Å². The summed E-state index contributed by atoms with van der Waals surface area (Å²) < 4.78 is 10.6. The Bertz CT molecular complexity index is 99.5. The molecule has 3 nitrogen and oxygen atoms in total. The fourth-order valence-electron chi connectivity index (χ4n) is 1.08. The second-order valence-electron chi connectivity index (χ2n) is 3.05. The molecule has 11 heavy (non-hydrogen) atoms. The molecule has 0 saturated carbocycles. The SMILES string of the molecule is C[C@H](CO)CC1OCCCO1.